The van der Waals surface area contributed by atoms with Crippen molar-refractivity contribution in [1.29, 1.82) is 0 Å². The van der Waals surface area contributed by atoms with Crippen molar-refractivity contribution in [3.63, 3.8) is 0 Å². The quantitative estimate of drug-likeness (QED) is 0.647. The highest BCUT2D eigenvalue weighted by atomic mass is 32.2. The van der Waals surface area contributed by atoms with E-state index in [2.05, 4.69) is 9.71 Å². The molecule has 1 heterocycles. The molecule has 2 aromatic carbocycles. The van der Waals surface area contributed by atoms with Crippen LogP contribution in [0.1, 0.15) is 0 Å². The molecule has 0 atom stereocenters. The van der Waals surface area contributed by atoms with Crippen molar-refractivity contribution in [2.75, 3.05) is 10.5 Å². The van der Waals surface area contributed by atoms with Gasteiger partial charge >= 0.3 is 0 Å². The smallest absolute Gasteiger partial charge is 0.261 e. The van der Waals surface area contributed by atoms with E-state index < -0.39 is 10.0 Å². The van der Waals surface area contributed by atoms with Gasteiger partial charge in [-0.1, -0.05) is 24.3 Å². The minimum atomic E-state index is -3.66. The van der Waals surface area contributed by atoms with E-state index in [0.29, 0.717) is 11.4 Å². The van der Waals surface area contributed by atoms with Crippen molar-refractivity contribution >= 4 is 21.4 Å². The van der Waals surface area contributed by atoms with Gasteiger partial charge in [-0.15, -0.1) is 0 Å². The maximum Gasteiger partial charge on any atom is 0.261 e. The number of nitrogen functional groups attached to an aromatic ring is 1. The van der Waals surface area contributed by atoms with Gasteiger partial charge in [0.25, 0.3) is 10.0 Å². The van der Waals surface area contributed by atoms with Crippen molar-refractivity contribution in [2.45, 2.75) is 4.90 Å². The second-order valence-electron chi connectivity index (χ2n) is 4.82. The number of nitrogens with one attached hydrogen (secondary N) is 2. The van der Waals surface area contributed by atoms with Gasteiger partial charge in [0, 0.05) is 34.9 Å². The zero-order valence-corrected chi connectivity index (χ0v) is 12.5. The van der Waals surface area contributed by atoms with Crippen molar-refractivity contribution in [3.05, 3.63) is 67.0 Å². The van der Waals surface area contributed by atoms with E-state index in [-0.39, 0.29) is 4.90 Å². The Morgan fingerprint density at radius 1 is 1.00 bits per heavy atom. The Bertz CT molecular complexity index is 873. The van der Waals surface area contributed by atoms with Crippen LogP contribution in [0.5, 0.6) is 0 Å². The summed E-state index contributed by atoms with van der Waals surface area (Å²) in [5.41, 5.74) is 8.62. The molecular formula is C16H15N3O2S. The molecular weight excluding hydrogens is 298 g/mol. The fraction of sp³-hybridized carbons (Fsp3) is 0. The molecule has 6 heteroatoms. The second-order valence-corrected chi connectivity index (χ2v) is 6.50. The predicted octanol–water partition coefficient (Wildman–Crippen LogP) is 3.06. The molecule has 0 aliphatic carbocycles. The number of benzene rings is 2. The molecule has 22 heavy (non-hydrogen) atoms. The number of para-hydroxylation sites is 1. The van der Waals surface area contributed by atoms with Crippen LogP contribution in [-0.2, 0) is 10.0 Å². The molecule has 112 valence electrons. The van der Waals surface area contributed by atoms with E-state index in [0.717, 1.165) is 11.1 Å². The van der Waals surface area contributed by atoms with Gasteiger partial charge in [0.05, 0.1) is 4.90 Å². The van der Waals surface area contributed by atoms with Crippen LogP contribution in [0.3, 0.4) is 0 Å². The van der Waals surface area contributed by atoms with Crippen LogP contribution in [0.15, 0.2) is 71.9 Å². The summed E-state index contributed by atoms with van der Waals surface area (Å²) in [5.74, 6) is 0. The summed E-state index contributed by atoms with van der Waals surface area (Å²) in [6.45, 7) is 0. The van der Waals surface area contributed by atoms with Crippen molar-refractivity contribution in [2.24, 2.45) is 0 Å². The molecule has 0 aliphatic heterocycles. The van der Waals surface area contributed by atoms with Gasteiger partial charge in [-0.2, -0.15) is 0 Å². The molecule has 3 rings (SSSR count). The molecule has 0 radical (unpaired) electrons. The number of aromatic nitrogens is 1. The number of aromatic amines is 1. The molecule has 0 unspecified atom stereocenters. The summed E-state index contributed by atoms with van der Waals surface area (Å²) < 4.78 is 27.3. The third kappa shape index (κ3) is 2.82. The maximum absolute atomic E-state index is 12.4. The molecule has 4 N–H and O–H groups in total. The van der Waals surface area contributed by atoms with Crippen molar-refractivity contribution in [3.8, 4) is 11.1 Å². The Balaban J connectivity index is 1.93. The number of hydrogen-bond acceptors (Lipinski definition) is 3. The fourth-order valence-corrected chi connectivity index (χ4v) is 3.28. The first kappa shape index (κ1) is 14.2. The maximum atomic E-state index is 12.4. The monoisotopic (exact) mass is 313 g/mol. The van der Waals surface area contributed by atoms with Crippen molar-refractivity contribution < 1.29 is 8.42 Å². The van der Waals surface area contributed by atoms with Gasteiger partial charge in [0.1, 0.15) is 0 Å². The molecule has 1 aromatic heterocycles. The largest absolute Gasteiger partial charge is 0.398 e. The molecule has 0 aliphatic rings. The first-order chi connectivity index (χ1) is 10.6. The van der Waals surface area contributed by atoms with Crippen LogP contribution in [0.25, 0.3) is 11.1 Å². The van der Waals surface area contributed by atoms with E-state index in [9.17, 15) is 8.42 Å². The van der Waals surface area contributed by atoms with E-state index in [1.54, 1.807) is 42.6 Å². The van der Waals surface area contributed by atoms with Crippen LogP contribution < -0.4 is 10.5 Å². The minimum Gasteiger partial charge on any atom is -0.398 e. The van der Waals surface area contributed by atoms with Gasteiger partial charge in [0.15, 0.2) is 0 Å². The summed E-state index contributed by atoms with van der Waals surface area (Å²) in [7, 11) is -3.66. The average Bonchev–Trinajstić information content (AvgIpc) is 3.01. The predicted molar refractivity (Wildman–Crippen MR) is 87.9 cm³/mol. The van der Waals surface area contributed by atoms with Gasteiger partial charge in [-0.25, -0.2) is 8.42 Å². The number of nitrogens with two attached hydrogens (primary N) is 1. The second kappa shape index (κ2) is 5.57. The molecule has 0 amide bonds. The molecule has 5 nitrogen and oxygen atoms in total. The Morgan fingerprint density at radius 2 is 1.77 bits per heavy atom. The van der Waals surface area contributed by atoms with Gasteiger partial charge in [-0.3, -0.25) is 4.72 Å². The van der Waals surface area contributed by atoms with E-state index in [1.165, 1.54) is 6.07 Å². The van der Waals surface area contributed by atoms with E-state index >= 15 is 0 Å². The Labute approximate surface area is 128 Å². The van der Waals surface area contributed by atoms with Crippen LogP contribution in [0, 0.1) is 0 Å². The molecule has 0 saturated heterocycles. The summed E-state index contributed by atoms with van der Waals surface area (Å²) >= 11 is 0. The topological polar surface area (TPSA) is 88.0 Å². The molecule has 0 saturated carbocycles. The fourth-order valence-electron chi connectivity index (χ4n) is 2.18. The van der Waals surface area contributed by atoms with Gasteiger partial charge < -0.3 is 10.7 Å². The summed E-state index contributed by atoms with van der Waals surface area (Å²) in [5, 5.41) is 0. The average molecular weight is 313 g/mol. The summed E-state index contributed by atoms with van der Waals surface area (Å²) in [6.07, 6.45) is 3.60. The first-order valence-electron chi connectivity index (χ1n) is 6.67. The van der Waals surface area contributed by atoms with Crippen LogP contribution >= 0.6 is 0 Å². The molecule has 3 aromatic rings. The lowest BCUT2D eigenvalue weighted by atomic mass is 10.1. The number of H-pyrrole nitrogens is 1. The van der Waals surface area contributed by atoms with Crippen LogP contribution in [0.4, 0.5) is 11.4 Å². The van der Waals surface area contributed by atoms with Crippen LogP contribution in [-0.4, -0.2) is 13.4 Å². The zero-order valence-electron chi connectivity index (χ0n) is 11.7. The number of hydrogen-bond donors (Lipinski definition) is 3. The molecule has 0 spiro atoms. The highest BCUT2D eigenvalue weighted by Crippen LogP contribution is 2.28. The Morgan fingerprint density at radius 3 is 2.41 bits per heavy atom. The summed E-state index contributed by atoms with van der Waals surface area (Å²) in [4.78, 5) is 3.08. The third-order valence-electron chi connectivity index (χ3n) is 3.27. The first-order valence-corrected chi connectivity index (χ1v) is 8.15. The van der Waals surface area contributed by atoms with Crippen LogP contribution in [0.2, 0.25) is 0 Å². The van der Waals surface area contributed by atoms with Gasteiger partial charge in [0.2, 0.25) is 0 Å². The molecule has 0 fully saturated rings. The standard InChI is InChI=1S/C16H15N3O2S/c17-16-10-14(6-7-15(16)12-8-9-18-11-12)22(20,21)19-13-4-2-1-3-5-13/h1-11,18-19H,17H2. The Hall–Kier alpha value is -2.73. The van der Waals surface area contributed by atoms with E-state index in [4.69, 9.17) is 5.73 Å². The lowest BCUT2D eigenvalue weighted by Gasteiger charge is -2.10. The van der Waals surface area contributed by atoms with Crippen molar-refractivity contribution in [1.82, 2.24) is 4.98 Å². The number of rotatable bonds is 4. The normalized spacial score (nSPS) is 11.3. The zero-order chi connectivity index (χ0) is 15.6. The highest BCUT2D eigenvalue weighted by Gasteiger charge is 2.16. The lowest BCUT2D eigenvalue weighted by Crippen LogP contribution is -2.13. The van der Waals surface area contributed by atoms with E-state index in [1.807, 2.05) is 18.3 Å². The number of sulfonamides is 1. The Kier molecular flexibility index (Phi) is 3.60. The third-order valence-corrected chi connectivity index (χ3v) is 4.65. The SMILES string of the molecule is Nc1cc(S(=O)(=O)Nc2ccccc2)ccc1-c1cc[nH]c1. The molecule has 0 bridgehead atoms. The van der Waals surface area contributed by atoms with Gasteiger partial charge in [-0.05, 0) is 30.3 Å². The lowest BCUT2D eigenvalue weighted by molar-refractivity contribution is 0.601. The minimum absolute atomic E-state index is 0.133. The highest BCUT2D eigenvalue weighted by molar-refractivity contribution is 7.92. The number of anilines is 2. The summed E-state index contributed by atoms with van der Waals surface area (Å²) in [6, 6.07) is 15.3.